The van der Waals surface area contributed by atoms with Gasteiger partial charge in [0.15, 0.2) is 5.13 Å². The van der Waals surface area contributed by atoms with E-state index in [2.05, 4.69) is 45.8 Å². The quantitative estimate of drug-likeness (QED) is 0.916. The number of aryl methyl sites for hydroxylation is 1. The summed E-state index contributed by atoms with van der Waals surface area (Å²) in [7, 11) is 2.12. The second-order valence-corrected chi connectivity index (χ2v) is 6.03. The first-order chi connectivity index (χ1) is 10.2. The van der Waals surface area contributed by atoms with Gasteiger partial charge in [0.25, 0.3) is 0 Å². The molecule has 6 heteroatoms. The van der Waals surface area contributed by atoms with Crippen LogP contribution in [0, 0.1) is 0 Å². The van der Waals surface area contributed by atoms with E-state index >= 15 is 0 Å². The maximum Gasteiger partial charge on any atom is 0.321 e. The second-order valence-electron chi connectivity index (χ2n) is 5.13. The van der Waals surface area contributed by atoms with Gasteiger partial charge in [0.1, 0.15) is 0 Å². The number of rotatable bonds is 3. The molecule has 5 nitrogen and oxygen atoms in total. The lowest BCUT2D eigenvalue weighted by molar-refractivity contribution is 0.251. The van der Waals surface area contributed by atoms with Crippen LogP contribution in [-0.4, -0.2) is 24.6 Å². The first-order valence-electron chi connectivity index (χ1n) is 6.99. The highest BCUT2D eigenvalue weighted by Gasteiger charge is 2.13. The zero-order valence-electron chi connectivity index (χ0n) is 11.9. The molecule has 0 saturated carbocycles. The minimum absolute atomic E-state index is 0.222. The van der Waals surface area contributed by atoms with Crippen LogP contribution in [0.4, 0.5) is 15.6 Å². The number of carbonyl (C=O) groups excluding carboxylic acids is 1. The van der Waals surface area contributed by atoms with Crippen LogP contribution in [-0.2, 0) is 13.0 Å². The zero-order valence-corrected chi connectivity index (χ0v) is 12.7. The molecule has 2 heterocycles. The van der Waals surface area contributed by atoms with Crippen molar-refractivity contribution >= 4 is 28.2 Å². The molecule has 0 atom stereocenters. The van der Waals surface area contributed by atoms with Crippen LogP contribution in [0.25, 0.3) is 0 Å². The number of carbonyl (C=O) groups is 1. The number of anilines is 2. The molecule has 21 heavy (non-hydrogen) atoms. The van der Waals surface area contributed by atoms with Gasteiger partial charge in [-0.3, -0.25) is 5.32 Å². The van der Waals surface area contributed by atoms with Crippen molar-refractivity contribution in [1.29, 1.82) is 0 Å². The fourth-order valence-electron chi connectivity index (χ4n) is 2.56. The molecule has 0 saturated heterocycles. The van der Waals surface area contributed by atoms with Crippen molar-refractivity contribution in [2.45, 2.75) is 19.4 Å². The Labute approximate surface area is 128 Å². The molecule has 0 fully saturated rings. The highest BCUT2D eigenvalue weighted by Crippen LogP contribution is 2.26. The van der Waals surface area contributed by atoms with Crippen LogP contribution < -0.4 is 15.5 Å². The van der Waals surface area contributed by atoms with Crippen molar-refractivity contribution < 1.29 is 4.79 Å². The van der Waals surface area contributed by atoms with Gasteiger partial charge in [-0.15, -0.1) is 11.3 Å². The number of urea groups is 1. The number of thiazole rings is 1. The van der Waals surface area contributed by atoms with Gasteiger partial charge in [0.2, 0.25) is 0 Å². The Balaban J connectivity index is 1.59. The van der Waals surface area contributed by atoms with Crippen LogP contribution in [0.2, 0.25) is 0 Å². The monoisotopic (exact) mass is 302 g/mol. The summed E-state index contributed by atoms with van der Waals surface area (Å²) in [6.07, 6.45) is 3.96. The molecule has 1 aromatic heterocycles. The van der Waals surface area contributed by atoms with E-state index in [1.807, 2.05) is 5.38 Å². The van der Waals surface area contributed by atoms with E-state index in [1.54, 1.807) is 6.20 Å². The van der Waals surface area contributed by atoms with Crippen LogP contribution >= 0.6 is 11.3 Å². The third kappa shape index (κ3) is 3.33. The lowest BCUT2D eigenvalue weighted by Gasteiger charge is -2.27. The Morgan fingerprint density at radius 1 is 1.48 bits per heavy atom. The minimum Gasteiger partial charge on any atom is -0.374 e. The molecular formula is C15H18N4OS. The average molecular weight is 302 g/mol. The van der Waals surface area contributed by atoms with Gasteiger partial charge in [0.05, 0.1) is 0 Å². The first-order valence-corrected chi connectivity index (χ1v) is 7.87. The molecule has 1 aliphatic rings. The fourth-order valence-corrected chi connectivity index (χ4v) is 3.08. The molecule has 0 radical (unpaired) electrons. The molecule has 0 spiro atoms. The largest absolute Gasteiger partial charge is 0.374 e. The highest BCUT2D eigenvalue weighted by molar-refractivity contribution is 7.13. The number of aromatic nitrogens is 1. The van der Waals surface area contributed by atoms with Gasteiger partial charge in [-0.2, -0.15) is 0 Å². The SMILES string of the molecule is CN1CCCc2cc(CNC(=O)Nc3nccs3)ccc21. The summed E-state index contributed by atoms with van der Waals surface area (Å²) in [6, 6.07) is 6.18. The van der Waals surface area contributed by atoms with E-state index in [0.29, 0.717) is 11.7 Å². The Morgan fingerprint density at radius 3 is 3.19 bits per heavy atom. The van der Waals surface area contributed by atoms with E-state index in [1.165, 1.54) is 29.0 Å². The van der Waals surface area contributed by atoms with Gasteiger partial charge in [0, 0.05) is 37.4 Å². The number of hydrogen-bond acceptors (Lipinski definition) is 4. The third-order valence-corrected chi connectivity index (χ3v) is 4.29. The van der Waals surface area contributed by atoms with Gasteiger partial charge in [-0.05, 0) is 30.0 Å². The lowest BCUT2D eigenvalue weighted by atomic mass is 9.99. The zero-order chi connectivity index (χ0) is 14.7. The molecular weight excluding hydrogens is 284 g/mol. The molecule has 2 aromatic rings. The smallest absolute Gasteiger partial charge is 0.321 e. The van der Waals surface area contributed by atoms with Crippen molar-refractivity contribution in [3.05, 3.63) is 40.9 Å². The molecule has 0 unspecified atom stereocenters. The summed E-state index contributed by atoms with van der Waals surface area (Å²) in [4.78, 5) is 18.1. The van der Waals surface area contributed by atoms with Gasteiger partial charge >= 0.3 is 6.03 Å². The minimum atomic E-state index is -0.222. The van der Waals surface area contributed by atoms with Crippen molar-refractivity contribution in [3.63, 3.8) is 0 Å². The Morgan fingerprint density at radius 2 is 2.38 bits per heavy atom. The predicted molar refractivity (Wildman–Crippen MR) is 86.0 cm³/mol. The lowest BCUT2D eigenvalue weighted by Crippen LogP contribution is -2.28. The molecule has 0 aliphatic carbocycles. The second kappa shape index (κ2) is 6.13. The summed E-state index contributed by atoms with van der Waals surface area (Å²) >= 11 is 1.40. The van der Waals surface area contributed by atoms with Crippen LogP contribution in [0.15, 0.2) is 29.8 Å². The van der Waals surface area contributed by atoms with Crippen molar-refractivity contribution in [2.75, 3.05) is 23.8 Å². The van der Waals surface area contributed by atoms with Crippen molar-refractivity contribution in [2.24, 2.45) is 0 Å². The Kier molecular flexibility index (Phi) is 4.06. The van der Waals surface area contributed by atoms with Gasteiger partial charge in [-0.25, -0.2) is 9.78 Å². The summed E-state index contributed by atoms with van der Waals surface area (Å²) in [6.45, 7) is 1.63. The van der Waals surface area contributed by atoms with E-state index in [9.17, 15) is 4.79 Å². The number of benzene rings is 1. The van der Waals surface area contributed by atoms with Crippen LogP contribution in [0.1, 0.15) is 17.5 Å². The number of nitrogens with zero attached hydrogens (tertiary/aromatic N) is 2. The van der Waals surface area contributed by atoms with Crippen molar-refractivity contribution in [3.8, 4) is 0 Å². The van der Waals surface area contributed by atoms with E-state index in [4.69, 9.17) is 0 Å². The van der Waals surface area contributed by atoms with Crippen molar-refractivity contribution in [1.82, 2.24) is 10.3 Å². The van der Waals surface area contributed by atoms with Crippen LogP contribution in [0.5, 0.6) is 0 Å². The molecule has 2 amide bonds. The van der Waals surface area contributed by atoms with E-state index < -0.39 is 0 Å². The predicted octanol–water partition coefficient (Wildman–Crippen LogP) is 2.85. The molecule has 1 aliphatic heterocycles. The average Bonchev–Trinajstić information content (AvgIpc) is 2.98. The maximum absolute atomic E-state index is 11.8. The van der Waals surface area contributed by atoms with Crippen LogP contribution in [0.3, 0.4) is 0 Å². The Hall–Kier alpha value is -2.08. The van der Waals surface area contributed by atoms with E-state index in [-0.39, 0.29) is 6.03 Å². The molecule has 0 bridgehead atoms. The molecule has 110 valence electrons. The Bertz CT molecular complexity index is 627. The number of fused-ring (bicyclic) bond motifs is 1. The van der Waals surface area contributed by atoms with Gasteiger partial charge in [-0.1, -0.05) is 12.1 Å². The number of amides is 2. The normalized spacial score (nSPS) is 13.7. The summed E-state index contributed by atoms with van der Waals surface area (Å²) in [5, 5.41) is 8.01. The number of nitrogens with one attached hydrogen (secondary N) is 2. The molecule has 1 aromatic carbocycles. The number of hydrogen-bond donors (Lipinski definition) is 2. The maximum atomic E-state index is 11.8. The summed E-state index contributed by atoms with van der Waals surface area (Å²) in [5.74, 6) is 0. The topological polar surface area (TPSA) is 57.3 Å². The summed E-state index contributed by atoms with van der Waals surface area (Å²) in [5.41, 5.74) is 3.79. The standard InChI is InChI=1S/C15H18N4OS/c1-19-7-2-3-12-9-11(4-5-13(12)19)10-17-14(20)18-15-16-6-8-21-15/h4-6,8-9H,2-3,7,10H2,1H3,(H2,16,17,18,20). The summed E-state index contributed by atoms with van der Waals surface area (Å²) < 4.78 is 0. The molecule has 3 rings (SSSR count). The van der Waals surface area contributed by atoms with E-state index in [0.717, 1.165) is 18.5 Å². The van der Waals surface area contributed by atoms with Gasteiger partial charge < -0.3 is 10.2 Å². The first kappa shape index (κ1) is 13.9. The highest BCUT2D eigenvalue weighted by atomic mass is 32.1. The fraction of sp³-hybridized carbons (Fsp3) is 0.333. The third-order valence-electron chi connectivity index (χ3n) is 3.60. The molecule has 2 N–H and O–H groups in total.